The van der Waals surface area contributed by atoms with Crippen LogP contribution in [0.3, 0.4) is 0 Å². The van der Waals surface area contributed by atoms with E-state index in [-0.39, 0.29) is 54.8 Å². The summed E-state index contributed by atoms with van der Waals surface area (Å²) in [6.07, 6.45) is 11.2. The second kappa shape index (κ2) is 25.1. The number of esters is 1. The summed E-state index contributed by atoms with van der Waals surface area (Å²) in [5.41, 5.74) is 1.27. The van der Waals surface area contributed by atoms with Gasteiger partial charge in [0.05, 0.1) is 24.4 Å². The Labute approximate surface area is 387 Å². The number of amides is 1. The first kappa shape index (κ1) is 54.2. The lowest BCUT2D eigenvalue weighted by Crippen LogP contribution is -2.61. The number of aliphatic hydroxyl groups excluding tert-OH is 2. The predicted molar refractivity (Wildman–Crippen MR) is 245 cm³/mol. The van der Waals surface area contributed by atoms with Gasteiger partial charge in [0.1, 0.15) is 30.1 Å². The fraction of sp³-hybridized carbons (Fsp3) is 0.745. The van der Waals surface area contributed by atoms with Crippen molar-refractivity contribution in [2.75, 3.05) is 27.9 Å². The smallest absolute Gasteiger partial charge is 0.329 e. The van der Waals surface area contributed by atoms with Gasteiger partial charge in [-0.1, -0.05) is 71.1 Å². The molecule has 2 bridgehead atoms. The number of cyclic esters (lactones) is 1. The molecule has 3 fully saturated rings. The van der Waals surface area contributed by atoms with E-state index in [0.29, 0.717) is 63.4 Å². The molecular weight excluding hydrogens is 835 g/mol. The Kier molecular flexibility index (Phi) is 21.0. The third-order valence-electron chi connectivity index (χ3n) is 14.5. The Morgan fingerprint density at radius 3 is 2.25 bits per heavy atom. The van der Waals surface area contributed by atoms with Gasteiger partial charge in [0.2, 0.25) is 5.79 Å². The molecule has 1 amide bonds. The van der Waals surface area contributed by atoms with Crippen LogP contribution in [0.25, 0.3) is 0 Å². The van der Waals surface area contributed by atoms with Gasteiger partial charge in [-0.2, -0.15) is 0 Å². The summed E-state index contributed by atoms with van der Waals surface area (Å²) in [5.74, 6) is -7.96. The fourth-order valence-corrected chi connectivity index (χ4v) is 10.1. The van der Waals surface area contributed by atoms with Gasteiger partial charge >= 0.3 is 5.97 Å². The number of Topliss-reactive ketones (excluding diaryl/α,β-unsaturated/α-hetero) is 3. The second-order valence-electron chi connectivity index (χ2n) is 19.6. The molecule has 4 aliphatic rings. The monoisotopic (exact) mass is 914 g/mol. The first-order valence-corrected chi connectivity index (χ1v) is 23.9. The lowest BCUT2D eigenvalue weighted by molar-refractivity contribution is -0.265. The molecule has 0 spiro atoms. The topological polar surface area (TPSA) is 195 Å². The number of nitrogens with zero attached hydrogens (tertiary/aromatic N) is 1. The third-order valence-corrected chi connectivity index (χ3v) is 14.5. The number of hydrogen-bond acceptors (Lipinski definition) is 13. The molecule has 1 unspecified atom stereocenters. The minimum atomic E-state index is -2.43. The highest BCUT2D eigenvalue weighted by molar-refractivity contribution is 6.39. The summed E-state index contributed by atoms with van der Waals surface area (Å²) in [4.78, 5) is 71.8. The van der Waals surface area contributed by atoms with Gasteiger partial charge < -0.3 is 43.9 Å². The maximum absolute atomic E-state index is 14.4. The van der Waals surface area contributed by atoms with E-state index in [9.17, 15) is 39.3 Å². The van der Waals surface area contributed by atoms with E-state index in [1.54, 1.807) is 41.1 Å². The van der Waals surface area contributed by atoms with Crippen molar-refractivity contribution in [2.24, 2.45) is 35.5 Å². The van der Waals surface area contributed by atoms with Crippen LogP contribution >= 0.6 is 0 Å². The molecule has 0 aromatic carbocycles. The van der Waals surface area contributed by atoms with Gasteiger partial charge in [-0.15, -0.1) is 0 Å². The molecule has 15 atom stereocenters. The van der Waals surface area contributed by atoms with Gasteiger partial charge in [0.15, 0.2) is 5.78 Å². The molecule has 366 valence electrons. The number of carbonyl (C=O) groups is 5. The number of methoxy groups -OCH3 is 3. The average molecular weight is 914 g/mol. The number of ether oxygens (including phenoxy) is 5. The van der Waals surface area contributed by atoms with E-state index in [2.05, 4.69) is 0 Å². The molecule has 3 aliphatic heterocycles. The predicted octanol–water partition coefficient (Wildman–Crippen LogP) is 6.18. The van der Waals surface area contributed by atoms with E-state index in [0.717, 1.165) is 12.0 Å². The number of piperidine rings is 1. The van der Waals surface area contributed by atoms with E-state index >= 15 is 0 Å². The first-order chi connectivity index (χ1) is 30.7. The molecule has 2 saturated heterocycles. The normalized spacial score (nSPS) is 40.4. The highest BCUT2D eigenvalue weighted by atomic mass is 16.6. The van der Waals surface area contributed by atoms with Crippen LogP contribution in [0.5, 0.6) is 0 Å². The Morgan fingerprint density at radius 2 is 1.57 bits per heavy atom. The first-order valence-electron chi connectivity index (χ1n) is 23.9. The van der Waals surface area contributed by atoms with Crippen LogP contribution in [-0.2, 0) is 47.7 Å². The molecule has 14 heteroatoms. The van der Waals surface area contributed by atoms with Gasteiger partial charge in [-0.05, 0) is 107 Å². The zero-order valence-electron chi connectivity index (χ0n) is 40.6. The molecule has 3 N–H and O–H groups in total. The lowest BCUT2D eigenvalue weighted by Gasteiger charge is -2.42. The minimum absolute atomic E-state index is 0.0193. The van der Waals surface area contributed by atoms with Crippen molar-refractivity contribution in [3.63, 3.8) is 0 Å². The van der Waals surface area contributed by atoms with Crippen LogP contribution in [0.1, 0.15) is 126 Å². The van der Waals surface area contributed by atoms with Crippen molar-refractivity contribution >= 4 is 29.2 Å². The number of carbonyl (C=O) groups excluding carboxylic acids is 5. The molecule has 1 aliphatic carbocycles. The van der Waals surface area contributed by atoms with Crippen LogP contribution < -0.4 is 0 Å². The maximum Gasteiger partial charge on any atom is 0.329 e. The Bertz CT molecular complexity index is 1760. The van der Waals surface area contributed by atoms with Crippen molar-refractivity contribution in [1.29, 1.82) is 0 Å². The standard InChI is InChI=1S/C51H79NO13/c1-30-16-12-11-13-17-31(2)42(61-8)28-38-21-19-36(7)51(60,65-38)48(57)49(58)52-23-15-14-18-39(52)50(59)64-43(33(4)26-37-20-22-40(53)44(27-37)62-9)29-41(54)32(3)25-35(6)46(56)47(63-10)45(55)34(5)24-30/h11-13,16-17,25,30,32-34,36-40,42-44,46-47,53,56,60H,14-15,18-24,26-29H2,1-10H3/b13-11+,16-12+,31-17+,35-25+/t30-,32-,33-,34-,36-,37+,38+,39+,40-,42+,43?,44-,46-,47+,51-/m1/s1. The van der Waals surface area contributed by atoms with E-state index < -0.39 is 83.9 Å². The summed E-state index contributed by atoms with van der Waals surface area (Å²) < 4.78 is 29.4. The van der Waals surface area contributed by atoms with Crippen LogP contribution in [-0.4, -0.2) is 132 Å². The van der Waals surface area contributed by atoms with Crippen LogP contribution in [0.2, 0.25) is 0 Å². The molecule has 0 aromatic rings. The second-order valence-corrected chi connectivity index (χ2v) is 19.6. The number of rotatable bonds is 6. The molecule has 0 aromatic heterocycles. The van der Waals surface area contributed by atoms with Gasteiger partial charge in [-0.3, -0.25) is 19.2 Å². The molecular formula is C51H79NO13. The van der Waals surface area contributed by atoms with Crippen LogP contribution in [0.4, 0.5) is 0 Å². The third kappa shape index (κ3) is 14.3. The number of hydrogen-bond donors (Lipinski definition) is 3. The number of aliphatic hydroxyl groups is 3. The molecule has 3 heterocycles. The molecule has 65 heavy (non-hydrogen) atoms. The average Bonchev–Trinajstić information content (AvgIpc) is 3.28. The van der Waals surface area contributed by atoms with Crippen molar-refractivity contribution in [1.82, 2.24) is 4.90 Å². The largest absolute Gasteiger partial charge is 0.460 e. The number of ketones is 3. The summed E-state index contributed by atoms with van der Waals surface area (Å²) in [6.45, 7) is 12.7. The van der Waals surface area contributed by atoms with Crippen molar-refractivity contribution in [3.8, 4) is 0 Å². The summed E-state index contributed by atoms with van der Waals surface area (Å²) >= 11 is 0. The maximum atomic E-state index is 14.4. The lowest BCUT2D eigenvalue weighted by atomic mass is 9.78. The Balaban J connectivity index is 1.70. The molecule has 0 radical (unpaired) electrons. The summed E-state index contributed by atoms with van der Waals surface area (Å²) in [5, 5.41) is 33.8. The highest BCUT2D eigenvalue weighted by Gasteiger charge is 2.53. The van der Waals surface area contributed by atoms with Gasteiger partial charge in [0.25, 0.3) is 11.7 Å². The van der Waals surface area contributed by atoms with Crippen molar-refractivity contribution in [2.45, 2.75) is 180 Å². The van der Waals surface area contributed by atoms with E-state index in [1.165, 1.54) is 12.0 Å². The Morgan fingerprint density at radius 1 is 0.846 bits per heavy atom. The number of allylic oxidation sites excluding steroid dienone is 6. The molecule has 14 nitrogen and oxygen atoms in total. The quantitative estimate of drug-likeness (QED) is 0.156. The minimum Gasteiger partial charge on any atom is -0.460 e. The fourth-order valence-electron chi connectivity index (χ4n) is 10.1. The zero-order chi connectivity index (χ0) is 48.2. The van der Waals surface area contributed by atoms with Crippen LogP contribution in [0.15, 0.2) is 47.6 Å². The summed E-state index contributed by atoms with van der Waals surface area (Å²) in [6, 6.07) is -1.14. The van der Waals surface area contributed by atoms with E-state index in [4.69, 9.17) is 23.7 Å². The zero-order valence-corrected chi connectivity index (χ0v) is 40.6. The highest BCUT2D eigenvalue weighted by Crippen LogP contribution is 2.38. The van der Waals surface area contributed by atoms with Gasteiger partial charge in [0, 0.05) is 58.5 Å². The molecule has 1 saturated carbocycles. The van der Waals surface area contributed by atoms with Crippen molar-refractivity contribution in [3.05, 3.63) is 47.6 Å². The van der Waals surface area contributed by atoms with Crippen molar-refractivity contribution < 1.29 is 63.0 Å². The number of fused-ring (bicyclic) bond motifs is 3. The molecule has 4 rings (SSSR count). The SMILES string of the molecule is CO[C@H]1C[C@@H]2CC[C@@H](C)[C@@](O)(O2)C(=O)C(=O)N2CCCC[C@H]2C(=O)OC([C@H](C)C[C@@H]2CC[C@@H](O)[C@H](OC)C2)CC(=O)[C@H](C)/C=C(\C)[C@@H](O)[C@@H](OC)C(=O)[C@H](C)C[C@H](C)/C=C/C=C/C=C/1C. The Hall–Kier alpha value is -3.37. The van der Waals surface area contributed by atoms with E-state index in [1.807, 2.05) is 58.1 Å². The summed E-state index contributed by atoms with van der Waals surface area (Å²) in [7, 11) is 4.52. The van der Waals surface area contributed by atoms with Crippen LogP contribution in [0, 0.1) is 35.5 Å². The van der Waals surface area contributed by atoms with Gasteiger partial charge in [-0.25, -0.2) is 4.79 Å².